The van der Waals surface area contributed by atoms with Crippen molar-refractivity contribution in [2.75, 3.05) is 6.54 Å². The Morgan fingerprint density at radius 2 is 1.93 bits per heavy atom. The van der Waals surface area contributed by atoms with Crippen LogP contribution in [0.25, 0.3) is 0 Å². The summed E-state index contributed by atoms with van der Waals surface area (Å²) in [6.45, 7) is 4.77. The zero-order chi connectivity index (χ0) is 22.0. The van der Waals surface area contributed by atoms with Gasteiger partial charge in [-0.15, -0.1) is 0 Å². The normalized spacial score (nSPS) is 24.6. The van der Waals surface area contributed by atoms with Crippen LogP contribution in [0.5, 0.6) is 0 Å². The Bertz CT molecular complexity index is 739. The van der Waals surface area contributed by atoms with Crippen LogP contribution in [0, 0.1) is 0 Å². The lowest BCUT2D eigenvalue weighted by Gasteiger charge is -2.23. The van der Waals surface area contributed by atoms with Crippen LogP contribution in [0.4, 0.5) is 4.79 Å². The number of rotatable bonds is 5. The van der Waals surface area contributed by atoms with Gasteiger partial charge in [0.05, 0.1) is 6.04 Å². The molecule has 12 heteroatoms. The maximum atomic E-state index is 12.5. The van der Waals surface area contributed by atoms with Gasteiger partial charge in [-0.1, -0.05) is 0 Å². The molecule has 11 nitrogen and oxygen atoms in total. The number of carbonyl (C=O) groups is 4. The van der Waals surface area contributed by atoms with Gasteiger partial charge in [0.2, 0.25) is 21.8 Å². The molecule has 4 amide bonds. The Kier molecular flexibility index (Phi) is 9.75. The maximum absolute atomic E-state index is 12.5. The zero-order valence-electron chi connectivity index (χ0n) is 16.7. The molecular weight excluding hydrogens is 402 g/mol. The van der Waals surface area contributed by atoms with E-state index in [1.807, 2.05) is 0 Å². The standard InChI is InChI=1S/C17H29N5O6S/c1-11-7-9-29(27,28)18-8-5-4-6-14(16(25)19-11)22-15(24)13(3)21-17(26)20-12(2)10-23/h7,9-14,18H,4-6,8H2,1-3H3,(H,19,25)(H,22,24)(H2,20,21,26). The minimum Gasteiger partial charge on any atom is -0.348 e. The largest absolute Gasteiger partial charge is 0.348 e. The predicted octanol–water partition coefficient (Wildman–Crippen LogP) is -1.13. The van der Waals surface area contributed by atoms with Crippen molar-refractivity contribution < 1.29 is 27.6 Å². The Morgan fingerprint density at radius 1 is 1.24 bits per heavy atom. The first-order valence-corrected chi connectivity index (χ1v) is 10.9. The van der Waals surface area contributed by atoms with Gasteiger partial charge in [-0.25, -0.2) is 17.9 Å². The number of urea groups is 1. The predicted molar refractivity (Wildman–Crippen MR) is 106 cm³/mol. The molecule has 0 fully saturated rings. The van der Waals surface area contributed by atoms with Crippen molar-refractivity contribution in [1.82, 2.24) is 26.0 Å². The average Bonchev–Trinajstić information content (AvgIpc) is 2.63. The van der Waals surface area contributed by atoms with Crippen molar-refractivity contribution in [1.29, 1.82) is 0 Å². The monoisotopic (exact) mass is 431 g/mol. The van der Waals surface area contributed by atoms with Crippen LogP contribution in [-0.2, 0) is 24.4 Å². The van der Waals surface area contributed by atoms with Crippen LogP contribution in [0.2, 0.25) is 0 Å². The molecule has 0 aromatic rings. The van der Waals surface area contributed by atoms with Crippen molar-refractivity contribution in [3.8, 4) is 0 Å². The van der Waals surface area contributed by atoms with E-state index in [1.165, 1.54) is 19.9 Å². The van der Waals surface area contributed by atoms with E-state index in [9.17, 15) is 27.6 Å². The Hall–Kier alpha value is -2.47. The summed E-state index contributed by atoms with van der Waals surface area (Å²) in [7, 11) is -3.55. The first-order valence-electron chi connectivity index (χ1n) is 9.35. The SMILES string of the molecule is CC(C=O)NC(=O)NC(C)C(=O)NC1CCCCNS(=O)(=O)C=CC(C)NC1=O. The number of nitrogens with one attached hydrogen (secondary N) is 5. The number of aldehydes is 1. The molecule has 0 aromatic heterocycles. The fourth-order valence-electron chi connectivity index (χ4n) is 2.44. The molecule has 29 heavy (non-hydrogen) atoms. The molecule has 164 valence electrons. The highest BCUT2D eigenvalue weighted by atomic mass is 32.2. The zero-order valence-corrected chi connectivity index (χ0v) is 17.5. The summed E-state index contributed by atoms with van der Waals surface area (Å²) >= 11 is 0. The molecule has 4 atom stereocenters. The topological polar surface area (TPSA) is 163 Å². The van der Waals surface area contributed by atoms with E-state index in [-0.39, 0.29) is 6.54 Å². The third-order valence-electron chi connectivity index (χ3n) is 4.08. The smallest absolute Gasteiger partial charge is 0.315 e. The lowest BCUT2D eigenvalue weighted by atomic mass is 10.1. The van der Waals surface area contributed by atoms with Crippen LogP contribution in [-0.4, -0.2) is 63.3 Å². The third-order valence-corrected chi connectivity index (χ3v) is 5.20. The summed E-state index contributed by atoms with van der Waals surface area (Å²) in [6, 6.07) is -3.72. The van der Waals surface area contributed by atoms with Gasteiger partial charge < -0.3 is 26.1 Å². The molecule has 0 radical (unpaired) electrons. The highest BCUT2D eigenvalue weighted by Crippen LogP contribution is 2.05. The number of hydrogen-bond acceptors (Lipinski definition) is 6. The molecular formula is C17H29N5O6S. The van der Waals surface area contributed by atoms with Crippen molar-refractivity contribution in [3.63, 3.8) is 0 Å². The van der Waals surface area contributed by atoms with Crippen LogP contribution >= 0.6 is 0 Å². The van der Waals surface area contributed by atoms with Crippen molar-refractivity contribution in [2.45, 2.75) is 64.2 Å². The maximum Gasteiger partial charge on any atom is 0.315 e. The summed E-state index contributed by atoms with van der Waals surface area (Å²) < 4.78 is 25.9. The minimum absolute atomic E-state index is 0.219. The van der Waals surface area contributed by atoms with Gasteiger partial charge in [-0.05, 0) is 46.1 Å². The first kappa shape index (κ1) is 24.6. The molecule has 0 bridgehead atoms. The highest BCUT2D eigenvalue weighted by molar-refractivity contribution is 7.92. The molecule has 0 saturated carbocycles. The molecule has 5 N–H and O–H groups in total. The molecule has 0 spiro atoms. The Morgan fingerprint density at radius 3 is 2.59 bits per heavy atom. The number of sulfonamides is 1. The number of hydrogen-bond donors (Lipinski definition) is 5. The lowest BCUT2D eigenvalue weighted by Crippen LogP contribution is -2.55. The molecule has 1 aliphatic heterocycles. The Balaban J connectivity index is 2.74. The van der Waals surface area contributed by atoms with Gasteiger partial charge in [0, 0.05) is 18.0 Å². The van der Waals surface area contributed by atoms with Crippen LogP contribution in [0.3, 0.4) is 0 Å². The molecule has 1 aliphatic rings. The van der Waals surface area contributed by atoms with Crippen molar-refractivity contribution >= 4 is 34.2 Å². The molecule has 0 aliphatic carbocycles. The molecule has 1 heterocycles. The van der Waals surface area contributed by atoms with Gasteiger partial charge in [0.25, 0.3) is 0 Å². The van der Waals surface area contributed by atoms with Crippen molar-refractivity contribution in [3.05, 3.63) is 11.5 Å². The van der Waals surface area contributed by atoms with Gasteiger partial charge >= 0.3 is 6.03 Å². The average molecular weight is 432 g/mol. The molecule has 4 unspecified atom stereocenters. The summed E-state index contributed by atoms with van der Waals surface area (Å²) in [5.41, 5.74) is 0. The van der Waals surface area contributed by atoms with Gasteiger partial charge in [0.15, 0.2) is 0 Å². The third kappa shape index (κ3) is 9.52. The summed E-state index contributed by atoms with van der Waals surface area (Å²) in [4.78, 5) is 47.2. The van der Waals surface area contributed by atoms with E-state index in [4.69, 9.17) is 0 Å². The van der Waals surface area contributed by atoms with Crippen LogP contribution in [0.15, 0.2) is 11.5 Å². The van der Waals surface area contributed by atoms with Crippen LogP contribution < -0.4 is 26.0 Å². The number of carbonyl (C=O) groups excluding carboxylic acids is 4. The number of amides is 4. The van der Waals surface area contributed by atoms with E-state index in [1.54, 1.807) is 6.92 Å². The second-order valence-electron chi connectivity index (χ2n) is 6.89. The molecule has 0 saturated heterocycles. The summed E-state index contributed by atoms with van der Waals surface area (Å²) in [5.74, 6) is -1.01. The fourth-order valence-corrected chi connectivity index (χ4v) is 3.41. The quantitative estimate of drug-likeness (QED) is 0.346. The summed E-state index contributed by atoms with van der Waals surface area (Å²) in [5, 5.41) is 11.0. The van der Waals surface area contributed by atoms with E-state index >= 15 is 0 Å². The van der Waals surface area contributed by atoms with Gasteiger partial charge in [-0.2, -0.15) is 0 Å². The molecule has 1 rings (SSSR count). The summed E-state index contributed by atoms with van der Waals surface area (Å²) in [6.07, 6.45) is 3.18. The highest BCUT2D eigenvalue weighted by Gasteiger charge is 2.25. The van der Waals surface area contributed by atoms with E-state index in [0.717, 1.165) is 5.41 Å². The molecule has 0 aromatic carbocycles. The van der Waals surface area contributed by atoms with E-state index < -0.39 is 52.0 Å². The van der Waals surface area contributed by atoms with E-state index in [2.05, 4.69) is 26.0 Å². The van der Waals surface area contributed by atoms with E-state index in [0.29, 0.717) is 25.5 Å². The fraction of sp³-hybridized carbons (Fsp3) is 0.647. The minimum atomic E-state index is -3.55. The van der Waals surface area contributed by atoms with Gasteiger partial charge in [-0.3, -0.25) is 9.59 Å². The van der Waals surface area contributed by atoms with Crippen molar-refractivity contribution in [2.24, 2.45) is 0 Å². The second-order valence-corrected chi connectivity index (χ2v) is 8.54. The second kappa shape index (κ2) is 11.5. The Labute approximate surface area is 170 Å². The lowest BCUT2D eigenvalue weighted by molar-refractivity contribution is -0.130. The first-order chi connectivity index (χ1) is 13.5. The van der Waals surface area contributed by atoms with Gasteiger partial charge in [0.1, 0.15) is 18.4 Å². The van der Waals surface area contributed by atoms with Crippen LogP contribution in [0.1, 0.15) is 40.0 Å².